The van der Waals surface area contributed by atoms with Gasteiger partial charge in [-0.1, -0.05) is 24.3 Å². The summed E-state index contributed by atoms with van der Waals surface area (Å²) in [6.07, 6.45) is 3.35. The Balaban J connectivity index is 1.55. The van der Waals surface area contributed by atoms with Crippen LogP contribution in [0.4, 0.5) is 4.79 Å². The van der Waals surface area contributed by atoms with E-state index in [0.29, 0.717) is 25.1 Å². The summed E-state index contributed by atoms with van der Waals surface area (Å²) in [5.74, 6) is 1.45. The minimum absolute atomic E-state index is 0.211. The van der Waals surface area contributed by atoms with Crippen LogP contribution in [0.1, 0.15) is 30.9 Å². The highest BCUT2D eigenvalue weighted by atomic mass is 16.6. The van der Waals surface area contributed by atoms with Gasteiger partial charge in [0, 0.05) is 37.4 Å². The van der Waals surface area contributed by atoms with E-state index in [-0.39, 0.29) is 6.09 Å². The Morgan fingerprint density at radius 3 is 2.74 bits per heavy atom. The van der Waals surface area contributed by atoms with E-state index in [1.807, 2.05) is 50.2 Å². The number of hydrogen-bond acceptors (Lipinski definition) is 5. The lowest BCUT2D eigenvalue weighted by molar-refractivity contribution is 0.0950. The first kappa shape index (κ1) is 19.2. The van der Waals surface area contributed by atoms with Crippen LogP contribution in [0.3, 0.4) is 0 Å². The molecule has 1 aromatic carbocycles. The number of ether oxygens (including phenoxy) is 2. The van der Waals surface area contributed by atoms with Crippen molar-refractivity contribution in [1.82, 2.24) is 15.2 Å². The first-order chi connectivity index (χ1) is 13.2. The van der Waals surface area contributed by atoms with Gasteiger partial charge in [-0.2, -0.15) is 0 Å². The second-order valence-corrected chi connectivity index (χ2v) is 6.68. The quantitative estimate of drug-likeness (QED) is 0.837. The van der Waals surface area contributed by atoms with E-state index in [1.165, 1.54) is 0 Å². The standard InChI is InChI=1S/C21H27N3O3/c1-3-26-21(25)24-13-10-18(11-14-24)23-15-17-8-6-12-22-20(17)27-19-9-5-4-7-16(19)2/h4-9,12,18,23H,3,10-11,13-15H2,1-2H3. The molecule has 1 aliphatic rings. The van der Waals surface area contributed by atoms with Crippen molar-refractivity contribution >= 4 is 6.09 Å². The van der Waals surface area contributed by atoms with Gasteiger partial charge in [-0.3, -0.25) is 0 Å². The summed E-state index contributed by atoms with van der Waals surface area (Å²) in [4.78, 5) is 18.0. The Morgan fingerprint density at radius 2 is 2.00 bits per heavy atom. The molecule has 0 aliphatic carbocycles. The van der Waals surface area contributed by atoms with E-state index in [1.54, 1.807) is 11.1 Å². The summed E-state index contributed by atoms with van der Waals surface area (Å²) in [5.41, 5.74) is 2.10. The lowest BCUT2D eigenvalue weighted by Crippen LogP contribution is -2.44. The average Bonchev–Trinajstić information content (AvgIpc) is 2.69. The predicted molar refractivity (Wildman–Crippen MR) is 104 cm³/mol. The van der Waals surface area contributed by atoms with Crippen LogP contribution in [0.2, 0.25) is 0 Å². The van der Waals surface area contributed by atoms with Crippen LogP contribution < -0.4 is 10.1 Å². The van der Waals surface area contributed by atoms with Crippen molar-refractivity contribution in [3.8, 4) is 11.6 Å². The number of carbonyl (C=O) groups excluding carboxylic acids is 1. The van der Waals surface area contributed by atoms with Gasteiger partial charge in [0.1, 0.15) is 5.75 Å². The zero-order valence-corrected chi connectivity index (χ0v) is 16.0. The number of likely N-dealkylation sites (tertiary alicyclic amines) is 1. The van der Waals surface area contributed by atoms with E-state index < -0.39 is 0 Å². The van der Waals surface area contributed by atoms with Gasteiger partial charge in [-0.15, -0.1) is 0 Å². The zero-order valence-electron chi connectivity index (χ0n) is 16.0. The van der Waals surface area contributed by atoms with Crippen LogP contribution >= 0.6 is 0 Å². The summed E-state index contributed by atoms with van der Waals surface area (Å²) in [6, 6.07) is 12.2. The minimum atomic E-state index is -0.211. The van der Waals surface area contributed by atoms with E-state index in [2.05, 4.69) is 10.3 Å². The number of aryl methyl sites for hydroxylation is 1. The number of benzene rings is 1. The van der Waals surface area contributed by atoms with Crippen molar-refractivity contribution in [1.29, 1.82) is 0 Å². The Morgan fingerprint density at radius 1 is 1.22 bits per heavy atom. The maximum absolute atomic E-state index is 11.8. The summed E-state index contributed by atoms with van der Waals surface area (Å²) in [6.45, 7) is 6.39. The molecular formula is C21H27N3O3. The summed E-state index contributed by atoms with van der Waals surface area (Å²) in [5, 5.41) is 3.57. The van der Waals surface area contributed by atoms with Crippen molar-refractivity contribution in [3.63, 3.8) is 0 Å². The van der Waals surface area contributed by atoms with Gasteiger partial charge in [0.2, 0.25) is 5.88 Å². The first-order valence-corrected chi connectivity index (χ1v) is 9.50. The van der Waals surface area contributed by atoms with E-state index >= 15 is 0 Å². The molecule has 0 unspecified atom stereocenters. The highest BCUT2D eigenvalue weighted by Gasteiger charge is 2.23. The Kier molecular flexibility index (Phi) is 6.65. The molecule has 1 aliphatic heterocycles. The molecule has 1 N–H and O–H groups in total. The molecular weight excluding hydrogens is 342 g/mol. The summed E-state index contributed by atoms with van der Waals surface area (Å²) < 4.78 is 11.1. The molecule has 0 saturated carbocycles. The van der Waals surface area contributed by atoms with Crippen molar-refractivity contribution in [2.24, 2.45) is 0 Å². The minimum Gasteiger partial charge on any atom is -0.450 e. The number of nitrogens with zero attached hydrogens (tertiary/aromatic N) is 2. The van der Waals surface area contributed by atoms with Crippen molar-refractivity contribution < 1.29 is 14.3 Å². The largest absolute Gasteiger partial charge is 0.450 e. The molecule has 2 heterocycles. The zero-order chi connectivity index (χ0) is 19.1. The average molecular weight is 369 g/mol. The highest BCUT2D eigenvalue weighted by Crippen LogP contribution is 2.26. The smallest absolute Gasteiger partial charge is 0.409 e. The third-order valence-electron chi connectivity index (χ3n) is 4.75. The van der Waals surface area contributed by atoms with Crippen LogP contribution in [-0.2, 0) is 11.3 Å². The molecule has 1 amide bonds. The van der Waals surface area contributed by atoms with Gasteiger partial charge < -0.3 is 19.7 Å². The van der Waals surface area contributed by atoms with Gasteiger partial charge in [0.25, 0.3) is 0 Å². The number of aromatic nitrogens is 1. The van der Waals surface area contributed by atoms with Gasteiger partial charge in [0.05, 0.1) is 6.61 Å². The number of pyridine rings is 1. The number of nitrogens with one attached hydrogen (secondary N) is 1. The molecule has 1 saturated heterocycles. The third kappa shape index (κ3) is 5.20. The second kappa shape index (κ2) is 9.37. The molecule has 3 rings (SSSR count). The van der Waals surface area contributed by atoms with Gasteiger partial charge >= 0.3 is 6.09 Å². The maximum Gasteiger partial charge on any atom is 0.409 e. The van der Waals surface area contributed by atoms with Crippen molar-refractivity contribution in [3.05, 3.63) is 53.7 Å². The Hall–Kier alpha value is -2.60. The fourth-order valence-corrected chi connectivity index (χ4v) is 3.16. The molecule has 1 fully saturated rings. The van der Waals surface area contributed by atoms with E-state index in [0.717, 1.165) is 42.8 Å². The number of rotatable bonds is 6. The van der Waals surface area contributed by atoms with Gasteiger partial charge in [0.15, 0.2) is 0 Å². The lowest BCUT2D eigenvalue weighted by atomic mass is 10.1. The lowest BCUT2D eigenvalue weighted by Gasteiger charge is -2.31. The van der Waals surface area contributed by atoms with Crippen molar-refractivity contribution in [2.75, 3.05) is 19.7 Å². The van der Waals surface area contributed by atoms with Gasteiger partial charge in [-0.05, 0) is 44.4 Å². The number of carbonyl (C=O) groups is 1. The monoisotopic (exact) mass is 369 g/mol. The summed E-state index contributed by atoms with van der Waals surface area (Å²) in [7, 11) is 0. The predicted octanol–water partition coefficient (Wildman–Crippen LogP) is 3.89. The molecule has 0 atom stereocenters. The number of piperidine rings is 1. The van der Waals surface area contributed by atoms with Gasteiger partial charge in [-0.25, -0.2) is 9.78 Å². The van der Waals surface area contributed by atoms with Crippen LogP contribution in [0.25, 0.3) is 0 Å². The van der Waals surface area contributed by atoms with Crippen LogP contribution in [0, 0.1) is 6.92 Å². The molecule has 0 spiro atoms. The van der Waals surface area contributed by atoms with E-state index in [4.69, 9.17) is 9.47 Å². The maximum atomic E-state index is 11.8. The molecule has 0 radical (unpaired) electrons. The molecule has 6 nitrogen and oxygen atoms in total. The van der Waals surface area contributed by atoms with Crippen LogP contribution in [-0.4, -0.2) is 41.7 Å². The Labute approximate surface area is 160 Å². The highest BCUT2D eigenvalue weighted by molar-refractivity contribution is 5.67. The molecule has 144 valence electrons. The van der Waals surface area contributed by atoms with Crippen LogP contribution in [0.15, 0.2) is 42.6 Å². The Bertz CT molecular complexity index is 758. The summed E-state index contributed by atoms with van der Waals surface area (Å²) >= 11 is 0. The van der Waals surface area contributed by atoms with E-state index in [9.17, 15) is 4.79 Å². The van der Waals surface area contributed by atoms with Crippen molar-refractivity contribution in [2.45, 2.75) is 39.3 Å². The van der Waals surface area contributed by atoms with Crippen LogP contribution in [0.5, 0.6) is 11.6 Å². The number of hydrogen-bond donors (Lipinski definition) is 1. The molecule has 27 heavy (non-hydrogen) atoms. The molecule has 0 bridgehead atoms. The number of para-hydroxylation sites is 1. The fourth-order valence-electron chi connectivity index (χ4n) is 3.16. The normalized spacial score (nSPS) is 14.8. The molecule has 6 heteroatoms. The number of amides is 1. The fraction of sp³-hybridized carbons (Fsp3) is 0.429. The molecule has 1 aromatic heterocycles. The SMILES string of the molecule is CCOC(=O)N1CCC(NCc2cccnc2Oc2ccccc2C)CC1. The topological polar surface area (TPSA) is 63.7 Å². The molecule has 2 aromatic rings. The second-order valence-electron chi connectivity index (χ2n) is 6.68. The third-order valence-corrected chi connectivity index (χ3v) is 4.75. The first-order valence-electron chi connectivity index (χ1n) is 9.50.